The molecule has 5 heteroatoms. The molecule has 0 aliphatic carbocycles. The summed E-state index contributed by atoms with van der Waals surface area (Å²) in [6, 6.07) is 0.578. The van der Waals surface area contributed by atoms with Crippen molar-refractivity contribution < 1.29 is 0 Å². The maximum atomic E-state index is 6.39. The fraction of sp³-hybridized carbons (Fsp3) is 0.769. The summed E-state index contributed by atoms with van der Waals surface area (Å²) in [5.41, 5.74) is 7.89. The summed E-state index contributed by atoms with van der Waals surface area (Å²) in [4.78, 5) is 2.46. The molecular weight excluding hydrogens is 248 g/mol. The topological polar surface area (TPSA) is 47.1 Å². The van der Waals surface area contributed by atoms with Crippen molar-refractivity contribution in [2.75, 3.05) is 13.1 Å². The minimum absolute atomic E-state index is 0.578. The summed E-state index contributed by atoms with van der Waals surface area (Å²) < 4.78 is 1.92. The molecule has 0 bridgehead atoms. The van der Waals surface area contributed by atoms with Gasteiger partial charge in [-0.25, -0.2) is 0 Å². The van der Waals surface area contributed by atoms with Crippen molar-refractivity contribution in [3.63, 3.8) is 0 Å². The molecule has 1 saturated heterocycles. The van der Waals surface area contributed by atoms with E-state index in [9.17, 15) is 0 Å². The second-order valence-corrected chi connectivity index (χ2v) is 5.68. The third-order valence-electron chi connectivity index (χ3n) is 3.98. The third kappa shape index (κ3) is 2.56. The molecule has 1 aromatic rings. The lowest BCUT2D eigenvalue weighted by atomic mass is 10.1. The van der Waals surface area contributed by atoms with Gasteiger partial charge in [0.05, 0.1) is 16.4 Å². The third-order valence-corrected chi connectivity index (χ3v) is 4.42. The number of aryl methyl sites for hydroxylation is 2. The first-order valence-electron chi connectivity index (χ1n) is 6.71. The van der Waals surface area contributed by atoms with Crippen LogP contribution in [-0.4, -0.2) is 33.8 Å². The minimum Gasteiger partial charge on any atom is -0.330 e. The van der Waals surface area contributed by atoms with E-state index in [0.29, 0.717) is 12.0 Å². The zero-order chi connectivity index (χ0) is 13.3. The molecule has 0 radical (unpaired) electrons. The highest BCUT2D eigenvalue weighted by atomic mass is 35.5. The first-order chi connectivity index (χ1) is 8.56. The van der Waals surface area contributed by atoms with E-state index in [-0.39, 0.29) is 0 Å². The van der Waals surface area contributed by atoms with E-state index in [1.807, 2.05) is 11.7 Å². The van der Waals surface area contributed by atoms with E-state index in [0.717, 1.165) is 42.5 Å². The van der Waals surface area contributed by atoms with Crippen LogP contribution in [0, 0.1) is 5.92 Å². The van der Waals surface area contributed by atoms with Gasteiger partial charge in [0.15, 0.2) is 0 Å². The number of nitrogens with two attached hydrogens (primary N) is 1. The van der Waals surface area contributed by atoms with Crippen molar-refractivity contribution in [2.24, 2.45) is 18.7 Å². The smallest absolute Gasteiger partial charge is 0.0863 e. The van der Waals surface area contributed by atoms with Crippen LogP contribution < -0.4 is 5.73 Å². The molecule has 4 nitrogen and oxygen atoms in total. The summed E-state index contributed by atoms with van der Waals surface area (Å²) in [6.07, 6.45) is 2.07. The quantitative estimate of drug-likeness (QED) is 0.908. The Hall–Kier alpha value is -0.580. The lowest BCUT2D eigenvalue weighted by Crippen LogP contribution is -2.28. The Morgan fingerprint density at radius 3 is 2.72 bits per heavy atom. The molecule has 0 saturated carbocycles. The first-order valence-corrected chi connectivity index (χ1v) is 7.08. The lowest BCUT2D eigenvalue weighted by Gasteiger charge is -2.21. The number of halogens is 1. The van der Waals surface area contributed by atoms with Gasteiger partial charge in [-0.2, -0.15) is 5.10 Å². The molecule has 0 aromatic carbocycles. The van der Waals surface area contributed by atoms with E-state index >= 15 is 0 Å². The standard InChI is InChI=1S/C13H23ClN4/c1-4-11-13(14)12(17(3)16-11)8-18-7-10(6-15)5-9(18)2/h9-10H,4-8,15H2,1-3H3. The SMILES string of the molecule is CCc1nn(C)c(CN2CC(CN)CC2C)c1Cl. The number of nitrogens with zero attached hydrogens (tertiary/aromatic N) is 3. The van der Waals surface area contributed by atoms with Gasteiger partial charge >= 0.3 is 0 Å². The normalized spacial score (nSPS) is 24.9. The average molecular weight is 271 g/mol. The Morgan fingerprint density at radius 2 is 2.22 bits per heavy atom. The molecule has 0 amide bonds. The molecule has 2 unspecified atom stereocenters. The van der Waals surface area contributed by atoms with Gasteiger partial charge in [-0.3, -0.25) is 9.58 Å². The minimum atomic E-state index is 0.578. The maximum Gasteiger partial charge on any atom is 0.0863 e. The number of hydrogen-bond donors (Lipinski definition) is 1. The van der Waals surface area contributed by atoms with Crippen LogP contribution in [0.5, 0.6) is 0 Å². The first kappa shape index (κ1) is 13.8. The van der Waals surface area contributed by atoms with E-state index in [2.05, 4.69) is 23.8 Å². The molecule has 102 valence electrons. The van der Waals surface area contributed by atoms with Crippen molar-refractivity contribution in [2.45, 2.75) is 39.3 Å². The van der Waals surface area contributed by atoms with Crippen LogP contribution in [0.25, 0.3) is 0 Å². The maximum absolute atomic E-state index is 6.39. The number of hydrogen-bond acceptors (Lipinski definition) is 3. The van der Waals surface area contributed by atoms with Gasteiger partial charge in [0.25, 0.3) is 0 Å². The van der Waals surface area contributed by atoms with Gasteiger partial charge in [0.1, 0.15) is 0 Å². The zero-order valence-corrected chi connectivity index (χ0v) is 12.2. The Bertz CT molecular complexity index is 415. The predicted octanol–water partition coefficient (Wildman–Crippen LogP) is 1.81. The van der Waals surface area contributed by atoms with Crippen LogP contribution in [0.2, 0.25) is 5.02 Å². The number of aromatic nitrogens is 2. The van der Waals surface area contributed by atoms with Crippen LogP contribution >= 0.6 is 11.6 Å². The van der Waals surface area contributed by atoms with Gasteiger partial charge in [0.2, 0.25) is 0 Å². The average Bonchev–Trinajstić information content (AvgIpc) is 2.84. The van der Waals surface area contributed by atoms with Crippen molar-refractivity contribution in [1.29, 1.82) is 0 Å². The summed E-state index contributed by atoms with van der Waals surface area (Å²) in [6.45, 7) is 7.07. The highest BCUT2D eigenvalue weighted by molar-refractivity contribution is 6.31. The van der Waals surface area contributed by atoms with Crippen molar-refractivity contribution >= 4 is 11.6 Å². The molecule has 1 aromatic heterocycles. The lowest BCUT2D eigenvalue weighted by molar-refractivity contribution is 0.249. The fourth-order valence-electron chi connectivity index (χ4n) is 2.79. The molecule has 1 fully saturated rings. The van der Waals surface area contributed by atoms with E-state index in [1.54, 1.807) is 0 Å². The van der Waals surface area contributed by atoms with Crippen LogP contribution in [-0.2, 0) is 20.0 Å². The van der Waals surface area contributed by atoms with Gasteiger partial charge in [-0.05, 0) is 32.2 Å². The molecular formula is C13H23ClN4. The van der Waals surface area contributed by atoms with Gasteiger partial charge in [-0.15, -0.1) is 0 Å². The van der Waals surface area contributed by atoms with Crippen molar-refractivity contribution in [1.82, 2.24) is 14.7 Å². The molecule has 2 N–H and O–H groups in total. The van der Waals surface area contributed by atoms with Crippen LogP contribution in [0.15, 0.2) is 0 Å². The molecule has 18 heavy (non-hydrogen) atoms. The molecule has 1 aliphatic rings. The summed E-state index contributed by atoms with van der Waals surface area (Å²) in [5.74, 6) is 0.623. The second-order valence-electron chi connectivity index (χ2n) is 5.30. The Morgan fingerprint density at radius 1 is 1.50 bits per heavy atom. The van der Waals surface area contributed by atoms with Crippen molar-refractivity contribution in [3.8, 4) is 0 Å². The van der Waals surface area contributed by atoms with Crippen LogP contribution in [0.1, 0.15) is 31.7 Å². The Kier molecular flexibility index (Phi) is 4.30. The Balaban J connectivity index is 2.12. The van der Waals surface area contributed by atoms with E-state index in [4.69, 9.17) is 17.3 Å². The number of likely N-dealkylation sites (tertiary alicyclic amines) is 1. The zero-order valence-electron chi connectivity index (χ0n) is 11.5. The summed E-state index contributed by atoms with van der Waals surface area (Å²) in [5, 5.41) is 5.30. The highest BCUT2D eigenvalue weighted by Gasteiger charge is 2.29. The van der Waals surface area contributed by atoms with E-state index in [1.165, 1.54) is 6.42 Å². The van der Waals surface area contributed by atoms with Crippen LogP contribution in [0.3, 0.4) is 0 Å². The number of rotatable bonds is 4. The second kappa shape index (κ2) is 5.59. The predicted molar refractivity (Wildman–Crippen MR) is 74.6 cm³/mol. The molecule has 2 rings (SSSR count). The summed E-state index contributed by atoms with van der Waals surface area (Å²) in [7, 11) is 1.97. The molecule has 0 spiro atoms. The molecule has 2 atom stereocenters. The molecule has 1 aliphatic heterocycles. The fourth-order valence-corrected chi connectivity index (χ4v) is 3.15. The van der Waals surface area contributed by atoms with Crippen molar-refractivity contribution in [3.05, 3.63) is 16.4 Å². The monoisotopic (exact) mass is 270 g/mol. The van der Waals surface area contributed by atoms with Gasteiger partial charge in [-0.1, -0.05) is 18.5 Å². The largest absolute Gasteiger partial charge is 0.330 e. The molecule has 2 heterocycles. The van der Waals surface area contributed by atoms with Gasteiger partial charge < -0.3 is 5.73 Å². The van der Waals surface area contributed by atoms with Gasteiger partial charge in [0, 0.05) is 26.2 Å². The highest BCUT2D eigenvalue weighted by Crippen LogP contribution is 2.27. The Labute approximate surface area is 114 Å². The van der Waals surface area contributed by atoms with E-state index < -0.39 is 0 Å². The summed E-state index contributed by atoms with van der Waals surface area (Å²) >= 11 is 6.39. The van der Waals surface area contributed by atoms with Crippen LogP contribution in [0.4, 0.5) is 0 Å².